The second kappa shape index (κ2) is 8.31. The van der Waals surface area contributed by atoms with Crippen LogP contribution >= 0.6 is 12.2 Å². The molecular weight excluding hydrogens is 382 g/mol. The van der Waals surface area contributed by atoms with Crippen LogP contribution in [0.5, 0.6) is 0 Å². The first kappa shape index (κ1) is 19.5. The third kappa shape index (κ3) is 3.63. The van der Waals surface area contributed by atoms with Crippen LogP contribution in [0.15, 0.2) is 55.0 Å². The molecule has 6 nitrogen and oxygen atoms in total. The van der Waals surface area contributed by atoms with Crippen LogP contribution in [-0.4, -0.2) is 42.8 Å². The zero-order chi connectivity index (χ0) is 20.4. The quantitative estimate of drug-likeness (QED) is 0.612. The number of aromatic nitrogens is 3. The van der Waals surface area contributed by atoms with Gasteiger partial charge in [0.05, 0.1) is 29.7 Å². The van der Waals surface area contributed by atoms with E-state index in [1.54, 1.807) is 6.20 Å². The number of nitrogens with zero attached hydrogens (tertiary/aromatic N) is 4. The Morgan fingerprint density at radius 1 is 1.17 bits per heavy atom. The van der Waals surface area contributed by atoms with E-state index in [0.717, 1.165) is 22.8 Å². The normalized spacial score (nSPS) is 18.9. The van der Waals surface area contributed by atoms with Gasteiger partial charge in [0.2, 0.25) is 0 Å². The Kier molecular flexibility index (Phi) is 5.60. The number of rotatable bonds is 6. The molecule has 1 aliphatic rings. The van der Waals surface area contributed by atoms with Crippen LogP contribution in [0.4, 0.5) is 0 Å². The fraction of sp³-hybridized carbons (Fsp3) is 0.318. The number of nitrogens with one attached hydrogen (secondary N) is 1. The summed E-state index contributed by atoms with van der Waals surface area (Å²) in [6.07, 6.45) is 6.13. The fourth-order valence-corrected chi connectivity index (χ4v) is 4.53. The molecule has 0 saturated carbocycles. The lowest BCUT2D eigenvalue weighted by molar-refractivity contribution is 0.247. The van der Waals surface area contributed by atoms with E-state index in [2.05, 4.69) is 50.7 Å². The molecule has 1 saturated heterocycles. The number of aryl methyl sites for hydroxylation is 1. The molecule has 0 amide bonds. The minimum absolute atomic E-state index is 0.000529. The van der Waals surface area contributed by atoms with Gasteiger partial charge in [0.25, 0.3) is 0 Å². The predicted octanol–water partition coefficient (Wildman–Crippen LogP) is 3.24. The second-order valence-corrected chi connectivity index (χ2v) is 7.66. The standard InChI is InChI=1S/C22H25N5OS/c1-15-13-18(16(2)27(15)17-7-5-9-23-14-17)21-20(19-8-3-4-10-24-19)25-22(29)26(21)11-6-12-28/h3-5,7-10,13-14,20-21,28H,6,11-12H2,1-2H3,(H,25,29)/t20-,21+/m1/s1. The van der Waals surface area contributed by atoms with Crippen LogP contribution in [0.25, 0.3) is 5.69 Å². The lowest BCUT2D eigenvalue weighted by Crippen LogP contribution is -2.31. The van der Waals surface area contributed by atoms with Crippen molar-refractivity contribution in [2.45, 2.75) is 32.4 Å². The molecule has 1 aliphatic heterocycles. The van der Waals surface area contributed by atoms with Gasteiger partial charge in [-0.15, -0.1) is 0 Å². The van der Waals surface area contributed by atoms with Crippen LogP contribution < -0.4 is 5.32 Å². The van der Waals surface area contributed by atoms with Gasteiger partial charge in [0.1, 0.15) is 0 Å². The monoisotopic (exact) mass is 407 g/mol. The van der Waals surface area contributed by atoms with Crippen molar-refractivity contribution in [3.63, 3.8) is 0 Å². The van der Waals surface area contributed by atoms with Crippen molar-refractivity contribution in [3.8, 4) is 5.69 Å². The maximum atomic E-state index is 9.39. The summed E-state index contributed by atoms with van der Waals surface area (Å²) in [4.78, 5) is 11.0. The van der Waals surface area contributed by atoms with E-state index < -0.39 is 0 Å². The summed E-state index contributed by atoms with van der Waals surface area (Å²) in [5.41, 5.74) is 5.50. The van der Waals surface area contributed by atoms with E-state index in [1.165, 1.54) is 5.56 Å². The largest absolute Gasteiger partial charge is 0.396 e. The molecule has 0 aromatic carbocycles. The smallest absolute Gasteiger partial charge is 0.170 e. The van der Waals surface area contributed by atoms with Crippen molar-refractivity contribution in [1.82, 2.24) is 24.8 Å². The van der Waals surface area contributed by atoms with E-state index in [-0.39, 0.29) is 18.7 Å². The molecule has 4 rings (SSSR count). The molecule has 0 unspecified atom stereocenters. The summed E-state index contributed by atoms with van der Waals surface area (Å²) < 4.78 is 2.23. The van der Waals surface area contributed by atoms with Gasteiger partial charge in [-0.3, -0.25) is 9.97 Å². The zero-order valence-corrected chi connectivity index (χ0v) is 17.4. The van der Waals surface area contributed by atoms with Gasteiger partial charge in [0, 0.05) is 36.9 Å². The molecular formula is C22H25N5OS. The lowest BCUT2D eigenvalue weighted by atomic mass is 9.96. The van der Waals surface area contributed by atoms with Crippen LogP contribution in [0.2, 0.25) is 0 Å². The van der Waals surface area contributed by atoms with E-state index in [0.29, 0.717) is 18.1 Å². The highest BCUT2D eigenvalue weighted by Crippen LogP contribution is 2.41. The first-order valence-corrected chi connectivity index (χ1v) is 10.2. The van der Waals surface area contributed by atoms with Gasteiger partial charge in [-0.25, -0.2) is 0 Å². The molecule has 29 heavy (non-hydrogen) atoms. The molecule has 2 N–H and O–H groups in total. The lowest BCUT2D eigenvalue weighted by Gasteiger charge is -2.28. The maximum Gasteiger partial charge on any atom is 0.170 e. The average Bonchev–Trinajstić information content (AvgIpc) is 3.23. The highest BCUT2D eigenvalue weighted by Gasteiger charge is 2.41. The number of thiocarbonyl (C=S) groups is 1. The molecule has 4 heterocycles. The molecule has 2 atom stereocenters. The Labute approximate surface area is 176 Å². The van der Waals surface area contributed by atoms with Crippen molar-refractivity contribution in [2.24, 2.45) is 0 Å². The van der Waals surface area contributed by atoms with Crippen LogP contribution in [0.1, 0.15) is 41.1 Å². The Morgan fingerprint density at radius 2 is 2.03 bits per heavy atom. The molecule has 3 aromatic heterocycles. The molecule has 3 aromatic rings. The Morgan fingerprint density at radius 3 is 2.72 bits per heavy atom. The summed E-state index contributed by atoms with van der Waals surface area (Å²) in [5, 5.41) is 13.6. The Bertz CT molecular complexity index is 989. The number of hydrogen-bond acceptors (Lipinski definition) is 4. The number of pyridine rings is 2. The third-order valence-corrected chi connectivity index (χ3v) is 5.80. The third-order valence-electron chi connectivity index (χ3n) is 5.45. The summed E-state index contributed by atoms with van der Waals surface area (Å²) in [5.74, 6) is 0. The minimum Gasteiger partial charge on any atom is -0.396 e. The van der Waals surface area contributed by atoms with Crippen molar-refractivity contribution in [2.75, 3.05) is 13.2 Å². The molecule has 1 fully saturated rings. The van der Waals surface area contributed by atoms with Gasteiger partial charge in [-0.2, -0.15) is 0 Å². The minimum atomic E-state index is -0.0507. The topological polar surface area (TPSA) is 66.2 Å². The Balaban J connectivity index is 1.81. The van der Waals surface area contributed by atoms with E-state index >= 15 is 0 Å². The SMILES string of the molecule is Cc1cc([C@H]2[C@@H](c3ccccn3)NC(=S)N2CCCO)c(C)n1-c1cccnc1. The van der Waals surface area contributed by atoms with E-state index in [9.17, 15) is 5.11 Å². The summed E-state index contributed by atoms with van der Waals surface area (Å²) >= 11 is 5.67. The van der Waals surface area contributed by atoms with Gasteiger partial charge >= 0.3 is 0 Å². The number of aliphatic hydroxyl groups is 1. The van der Waals surface area contributed by atoms with E-state index in [4.69, 9.17) is 12.2 Å². The fourth-order valence-electron chi connectivity index (χ4n) is 4.20. The highest BCUT2D eigenvalue weighted by atomic mass is 32.1. The number of hydrogen-bond donors (Lipinski definition) is 2. The number of aliphatic hydroxyl groups excluding tert-OH is 1. The van der Waals surface area contributed by atoms with Crippen molar-refractivity contribution < 1.29 is 5.11 Å². The van der Waals surface area contributed by atoms with Crippen LogP contribution in [0, 0.1) is 13.8 Å². The first-order chi connectivity index (χ1) is 14.1. The predicted molar refractivity (Wildman–Crippen MR) is 117 cm³/mol. The maximum absolute atomic E-state index is 9.39. The van der Waals surface area contributed by atoms with E-state index in [1.807, 2.05) is 36.7 Å². The summed E-state index contributed by atoms with van der Waals surface area (Å²) in [7, 11) is 0. The zero-order valence-electron chi connectivity index (χ0n) is 16.6. The van der Waals surface area contributed by atoms with Gasteiger partial charge in [0.15, 0.2) is 5.11 Å². The van der Waals surface area contributed by atoms with Crippen molar-refractivity contribution in [3.05, 3.63) is 77.6 Å². The van der Waals surface area contributed by atoms with Gasteiger partial charge in [-0.1, -0.05) is 6.07 Å². The molecule has 0 spiro atoms. The summed E-state index contributed by atoms with van der Waals surface area (Å²) in [6.45, 7) is 5.07. The Hall–Kier alpha value is -2.77. The molecule has 0 bridgehead atoms. The average molecular weight is 408 g/mol. The molecule has 7 heteroatoms. The molecule has 150 valence electrons. The van der Waals surface area contributed by atoms with Gasteiger partial charge < -0.3 is 19.9 Å². The molecule has 0 aliphatic carbocycles. The first-order valence-electron chi connectivity index (χ1n) is 9.80. The molecule has 0 radical (unpaired) electrons. The van der Waals surface area contributed by atoms with Crippen molar-refractivity contribution >= 4 is 17.3 Å². The van der Waals surface area contributed by atoms with Crippen molar-refractivity contribution in [1.29, 1.82) is 0 Å². The van der Waals surface area contributed by atoms with Gasteiger partial charge in [-0.05, 0) is 68.4 Å². The van der Waals surface area contributed by atoms with Crippen LogP contribution in [-0.2, 0) is 0 Å². The summed E-state index contributed by atoms with van der Waals surface area (Å²) in [6, 6.07) is 12.1. The van der Waals surface area contributed by atoms with Crippen LogP contribution in [0.3, 0.4) is 0 Å². The highest BCUT2D eigenvalue weighted by molar-refractivity contribution is 7.80. The second-order valence-electron chi connectivity index (χ2n) is 7.27.